The molecule has 1 atom stereocenters. The molecule has 1 spiro atoms. The van der Waals surface area contributed by atoms with Gasteiger partial charge in [-0.1, -0.05) is 12.1 Å². The molecular weight excluding hydrogens is 330 g/mol. The number of hydroxylamine groups is 1. The van der Waals surface area contributed by atoms with Crippen molar-refractivity contribution in [2.75, 3.05) is 6.54 Å². The van der Waals surface area contributed by atoms with E-state index in [9.17, 15) is 9.59 Å². The van der Waals surface area contributed by atoms with Crippen LogP contribution in [0.4, 0.5) is 0 Å². The van der Waals surface area contributed by atoms with Gasteiger partial charge in [0.15, 0.2) is 0 Å². The Morgan fingerprint density at radius 2 is 2.15 bits per heavy atom. The lowest BCUT2D eigenvalue weighted by Gasteiger charge is -2.33. The van der Waals surface area contributed by atoms with Gasteiger partial charge in [-0.3, -0.25) is 19.8 Å². The van der Waals surface area contributed by atoms with Gasteiger partial charge in [-0.25, -0.2) is 5.48 Å². The van der Waals surface area contributed by atoms with Crippen LogP contribution in [0.15, 0.2) is 42.7 Å². The van der Waals surface area contributed by atoms with Crippen molar-refractivity contribution in [3.63, 3.8) is 0 Å². The number of aryl methyl sites for hydroxylation is 1. The van der Waals surface area contributed by atoms with Crippen molar-refractivity contribution < 1.29 is 14.8 Å². The Balaban J connectivity index is 1.52. The molecule has 4 rings (SSSR count). The van der Waals surface area contributed by atoms with E-state index in [1.54, 1.807) is 17.7 Å². The number of amides is 2. The zero-order valence-electron chi connectivity index (χ0n) is 14.4. The molecule has 0 radical (unpaired) electrons. The van der Waals surface area contributed by atoms with Crippen molar-refractivity contribution in [2.45, 2.75) is 32.2 Å². The molecule has 6 heteroatoms. The zero-order valence-corrected chi connectivity index (χ0v) is 14.4. The second-order valence-electron chi connectivity index (χ2n) is 7.22. The summed E-state index contributed by atoms with van der Waals surface area (Å²) < 4.78 is 0. The van der Waals surface area contributed by atoms with E-state index in [4.69, 9.17) is 5.21 Å². The number of pyridine rings is 1. The van der Waals surface area contributed by atoms with Gasteiger partial charge < -0.3 is 4.90 Å². The van der Waals surface area contributed by atoms with E-state index in [0.717, 1.165) is 42.5 Å². The maximum absolute atomic E-state index is 13.1. The summed E-state index contributed by atoms with van der Waals surface area (Å²) in [7, 11) is 0. The van der Waals surface area contributed by atoms with E-state index in [-0.39, 0.29) is 11.3 Å². The summed E-state index contributed by atoms with van der Waals surface area (Å²) in [5.74, 6) is -0.281. The number of hydrogen-bond acceptors (Lipinski definition) is 4. The minimum Gasteiger partial charge on any atom is -0.338 e. The number of rotatable bonds is 3. The third kappa shape index (κ3) is 2.86. The van der Waals surface area contributed by atoms with Crippen LogP contribution >= 0.6 is 0 Å². The van der Waals surface area contributed by atoms with Crippen LogP contribution in [0, 0.1) is 5.41 Å². The smallest absolute Gasteiger partial charge is 0.274 e. The summed E-state index contributed by atoms with van der Waals surface area (Å²) in [5.41, 5.74) is 5.06. The number of likely N-dealkylation sites (tertiary alicyclic amines) is 1. The zero-order chi connectivity index (χ0) is 18.1. The fraction of sp³-hybridized carbons (Fsp3) is 0.350. The topological polar surface area (TPSA) is 82.5 Å². The highest BCUT2D eigenvalue weighted by molar-refractivity contribution is 5.93. The molecule has 2 aromatic rings. The van der Waals surface area contributed by atoms with Crippen molar-refractivity contribution in [1.29, 1.82) is 0 Å². The molecule has 6 nitrogen and oxygen atoms in total. The molecule has 2 aliphatic rings. The second-order valence-corrected chi connectivity index (χ2v) is 7.22. The van der Waals surface area contributed by atoms with Crippen LogP contribution in [-0.2, 0) is 24.2 Å². The van der Waals surface area contributed by atoms with Gasteiger partial charge in [0.05, 0.1) is 5.41 Å². The van der Waals surface area contributed by atoms with Gasteiger partial charge in [0.1, 0.15) is 0 Å². The minimum atomic E-state index is -0.507. The molecule has 1 fully saturated rings. The fourth-order valence-electron chi connectivity index (χ4n) is 4.22. The van der Waals surface area contributed by atoms with Crippen molar-refractivity contribution in [3.8, 4) is 0 Å². The van der Waals surface area contributed by atoms with Gasteiger partial charge >= 0.3 is 0 Å². The van der Waals surface area contributed by atoms with E-state index < -0.39 is 5.91 Å². The average molecular weight is 351 g/mol. The lowest BCUT2D eigenvalue weighted by molar-refractivity contribution is -0.137. The van der Waals surface area contributed by atoms with Crippen LogP contribution in [0.25, 0.3) is 0 Å². The van der Waals surface area contributed by atoms with Gasteiger partial charge in [-0.05, 0) is 60.6 Å². The molecule has 2 amide bonds. The lowest BCUT2D eigenvalue weighted by atomic mass is 9.70. The first kappa shape index (κ1) is 16.7. The third-order valence-electron chi connectivity index (χ3n) is 5.67. The van der Waals surface area contributed by atoms with Crippen LogP contribution < -0.4 is 5.48 Å². The molecule has 2 heterocycles. The van der Waals surface area contributed by atoms with Gasteiger partial charge in [0, 0.05) is 31.0 Å². The maximum Gasteiger partial charge on any atom is 0.274 e. The van der Waals surface area contributed by atoms with Crippen LogP contribution in [0.1, 0.15) is 39.9 Å². The van der Waals surface area contributed by atoms with Crippen molar-refractivity contribution >= 4 is 11.8 Å². The van der Waals surface area contributed by atoms with Gasteiger partial charge in [-0.2, -0.15) is 0 Å². The molecule has 26 heavy (non-hydrogen) atoms. The van der Waals surface area contributed by atoms with Crippen molar-refractivity contribution in [3.05, 3.63) is 65.0 Å². The number of carbonyl (C=O) groups excluding carboxylic acids is 2. The molecule has 0 unspecified atom stereocenters. The number of hydrogen-bond donors (Lipinski definition) is 2. The predicted molar refractivity (Wildman–Crippen MR) is 94.4 cm³/mol. The highest BCUT2D eigenvalue weighted by Gasteiger charge is 2.47. The summed E-state index contributed by atoms with van der Waals surface area (Å²) in [6, 6.07) is 9.33. The van der Waals surface area contributed by atoms with E-state index in [1.165, 1.54) is 0 Å². The normalized spacial score (nSPS) is 21.7. The summed E-state index contributed by atoms with van der Waals surface area (Å²) in [6.07, 6.45) is 6.69. The standard InChI is InChI=1S/C20H21N3O3/c24-18(22-26)16-3-4-17-11-20(6-5-15(17)10-16)7-9-23(19(20)25)13-14-2-1-8-21-12-14/h1-4,8,10,12,26H,5-7,9,11,13H2,(H,22,24)/t20-/m0/s1. The first-order valence-corrected chi connectivity index (χ1v) is 8.86. The largest absolute Gasteiger partial charge is 0.338 e. The van der Waals surface area contributed by atoms with Crippen LogP contribution in [0.5, 0.6) is 0 Å². The lowest BCUT2D eigenvalue weighted by Crippen LogP contribution is -2.38. The Morgan fingerprint density at radius 1 is 1.27 bits per heavy atom. The number of fused-ring (bicyclic) bond motifs is 1. The Morgan fingerprint density at radius 3 is 2.92 bits per heavy atom. The number of nitrogens with zero attached hydrogens (tertiary/aromatic N) is 2. The summed E-state index contributed by atoms with van der Waals surface area (Å²) in [6.45, 7) is 1.38. The Kier molecular flexibility index (Phi) is 4.20. The molecule has 1 aliphatic carbocycles. The third-order valence-corrected chi connectivity index (χ3v) is 5.67. The summed E-state index contributed by atoms with van der Waals surface area (Å²) in [4.78, 5) is 30.8. The Bertz CT molecular complexity index is 853. The predicted octanol–water partition coefficient (Wildman–Crippen LogP) is 2.11. The minimum absolute atomic E-state index is 0.226. The second kappa shape index (κ2) is 6.53. The molecule has 0 saturated carbocycles. The Labute approximate surface area is 151 Å². The SMILES string of the molecule is O=C(NO)c1ccc2c(c1)CC[C@]1(CCN(Cc3cccnc3)C1=O)C2. The van der Waals surface area contributed by atoms with E-state index in [0.29, 0.717) is 18.5 Å². The number of carbonyl (C=O) groups is 2. The fourth-order valence-corrected chi connectivity index (χ4v) is 4.22. The first-order valence-electron chi connectivity index (χ1n) is 8.86. The highest BCUT2D eigenvalue weighted by atomic mass is 16.5. The molecule has 2 N–H and O–H groups in total. The number of nitrogens with one attached hydrogen (secondary N) is 1. The van der Waals surface area contributed by atoms with Gasteiger partial charge in [0.25, 0.3) is 5.91 Å². The highest BCUT2D eigenvalue weighted by Crippen LogP contribution is 2.44. The number of benzene rings is 1. The quantitative estimate of drug-likeness (QED) is 0.655. The summed E-state index contributed by atoms with van der Waals surface area (Å²) in [5, 5.41) is 8.79. The van der Waals surface area contributed by atoms with E-state index >= 15 is 0 Å². The van der Waals surface area contributed by atoms with Gasteiger partial charge in [0.2, 0.25) is 5.91 Å². The van der Waals surface area contributed by atoms with Crippen molar-refractivity contribution in [2.24, 2.45) is 5.41 Å². The molecule has 1 aromatic heterocycles. The molecule has 0 bridgehead atoms. The molecule has 1 saturated heterocycles. The molecule has 134 valence electrons. The average Bonchev–Trinajstić information content (AvgIpc) is 2.97. The van der Waals surface area contributed by atoms with E-state index in [1.807, 2.05) is 35.4 Å². The van der Waals surface area contributed by atoms with E-state index in [2.05, 4.69) is 4.98 Å². The molecule has 1 aromatic carbocycles. The maximum atomic E-state index is 13.1. The number of aromatic nitrogens is 1. The Hall–Kier alpha value is -2.73. The van der Waals surface area contributed by atoms with Crippen LogP contribution in [-0.4, -0.2) is 33.5 Å². The van der Waals surface area contributed by atoms with Gasteiger partial charge in [-0.15, -0.1) is 0 Å². The van der Waals surface area contributed by atoms with Crippen LogP contribution in [0.2, 0.25) is 0 Å². The monoisotopic (exact) mass is 351 g/mol. The molecular formula is C20H21N3O3. The van der Waals surface area contributed by atoms with Crippen molar-refractivity contribution in [1.82, 2.24) is 15.4 Å². The summed E-state index contributed by atoms with van der Waals surface area (Å²) >= 11 is 0. The van der Waals surface area contributed by atoms with Crippen LogP contribution in [0.3, 0.4) is 0 Å². The first-order chi connectivity index (χ1) is 12.6. The molecule has 1 aliphatic heterocycles.